The molecule has 1 N–H and O–H groups in total. The quantitative estimate of drug-likeness (QED) is 0.533. The van der Waals surface area contributed by atoms with Gasteiger partial charge in [0.2, 0.25) is 0 Å². The van der Waals surface area contributed by atoms with Crippen molar-refractivity contribution in [3.8, 4) is 0 Å². The molecule has 7 nitrogen and oxygen atoms in total. The number of thiophene rings is 1. The van der Waals surface area contributed by atoms with Crippen LogP contribution in [0.2, 0.25) is 0 Å². The van der Waals surface area contributed by atoms with Crippen LogP contribution in [-0.2, 0) is 6.42 Å². The van der Waals surface area contributed by atoms with Crippen molar-refractivity contribution in [2.45, 2.75) is 6.42 Å². The van der Waals surface area contributed by atoms with Gasteiger partial charge >= 0.3 is 0 Å². The second-order valence-corrected chi connectivity index (χ2v) is 7.20. The van der Waals surface area contributed by atoms with Gasteiger partial charge in [-0.1, -0.05) is 24.3 Å². The molecular formula is C20H15N3O4S. The Balaban J connectivity index is 1.60. The number of rotatable bonds is 4. The van der Waals surface area contributed by atoms with Gasteiger partial charge < -0.3 is 10.2 Å². The molecule has 1 aliphatic heterocycles. The first-order valence-corrected chi connectivity index (χ1v) is 9.45. The Morgan fingerprint density at radius 3 is 2.68 bits per heavy atom. The van der Waals surface area contributed by atoms with Crippen molar-refractivity contribution in [2.24, 2.45) is 0 Å². The van der Waals surface area contributed by atoms with E-state index in [1.807, 2.05) is 17.5 Å². The molecule has 4 rings (SSSR count). The van der Waals surface area contributed by atoms with Crippen molar-refractivity contribution in [1.29, 1.82) is 0 Å². The molecule has 0 saturated carbocycles. The van der Waals surface area contributed by atoms with Crippen LogP contribution in [0, 0.1) is 10.1 Å². The van der Waals surface area contributed by atoms with Gasteiger partial charge in [0.25, 0.3) is 17.5 Å². The number of para-hydroxylation sites is 1. The van der Waals surface area contributed by atoms with Crippen LogP contribution in [0.4, 0.5) is 17.1 Å². The lowest BCUT2D eigenvalue weighted by atomic mass is 10.1. The van der Waals surface area contributed by atoms with E-state index in [2.05, 4.69) is 5.32 Å². The number of anilines is 2. The lowest BCUT2D eigenvalue weighted by Crippen LogP contribution is -2.28. The average Bonchev–Trinajstić information content (AvgIpc) is 3.37. The summed E-state index contributed by atoms with van der Waals surface area (Å²) in [6.07, 6.45) is 0.741. The third kappa shape index (κ3) is 3.25. The topological polar surface area (TPSA) is 92.6 Å². The van der Waals surface area contributed by atoms with Crippen molar-refractivity contribution in [3.05, 3.63) is 86.1 Å². The van der Waals surface area contributed by atoms with Gasteiger partial charge in [0.1, 0.15) is 5.56 Å². The molecule has 0 saturated heterocycles. The van der Waals surface area contributed by atoms with E-state index in [4.69, 9.17) is 0 Å². The molecular weight excluding hydrogens is 378 g/mol. The van der Waals surface area contributed by atoms with Crippen molar-refractivity contribution in [2.75, 3.05) is 16.8 Å². The zero-order valence-corrected chi connectivity index (χ0v) is 15.4. The standard InChI is InChI=1S/C20H15N3O4S/c24-19(15-4-1-2-5-16(15)23(26)27)21-14-8-7-13-9-10-22(17(13)12-14)20(25)18-6-3-11-28-18/h1-8,11-12H,9-10H2,(H,21,24). The molecule has 1 aromatic heterocycles. The summed E-state index contributed by atoms with van der Waals surface area (Å²) >= 11 is 1.38. The Bertz CT molecular complexity index is 1080. The summed E-state index contributed by atoms with van der Waals surface area (Å²) in [6.45, 7) is 0.577. The SMILES string of the molecule is O=C(Nc1ccc2c(c1)N(C(=O)c1cccs1)CC2)c1ccccc1[N+](=O)[O-]. The van der Waals surface area contributed by atoms with E-state index in [-0.39, 0.29) is 17.2 Å². The summed E-state index contributed by atoms with van der Waals surface area (Å²) in [5.41, 5.74) is 1.98. The van der Waals surface area contributed by atoms with Crippen LogP contribution < -0.4 is 10.2 Å². The predicted molar refractivity (Wildman–Crippen MR) is 107 cm³/mol. The number of nitrogens with one attached hydrogen (secondary N) is 1. The van der Waals surface area contributed by atoms with Crippen molar-refractivity contribution in [1.82, 2.24) is 0 Å². The number of carbonyl (C=O) groups excluding carboxylic acids is 2. The number of nitro groups is 1. The van der Waals surface area contributed by atoms with Gasteiger partial charge in [-0.05, 0) is 41.6 Å². The Hall–Kier alpha value is -3.52. The van der Waals surface area contributed by atoms with E-state index in [9.17, 15) is 19.7 Å². The molecule has 2 aromatic carbocycles. The molecule has 1 aliphatic rings. The average molecular weight is 393 g/mol. The highest BCUT2D eigenvalue weighted by Gasteiger charge is 2.27. The third-order valence-electron chi connectivity index (χ3n) is 4.56. The molecule has 0 spiro atoms. The van der Waals surface area contributed by atoms with Crippen LogP contribution in [0.1, 0.15) is 25.6 Å². The van der Waals surface area contributed by atoms with E-state index in [1.165, 1.54) is 29.5 Å². The van der Waals surface area contributed by atoms with Gasteiger partial charge in [0.15, 0.2) is 0 Å². The minimum Gasteiger partial charge on any atom is -0.322 e. The van der Waals surface area contributed by atoms with E-state index in [0.29, 0.717) is 17.1 Å². The first-order chi connectivity index (χ1) is 13.5. The fraction of sp³-hybridized carbons (Fsp3) is 0.100. The number of nitro benzene ring substituents is 1. The molecule has 28 heavy (non-hydrogen) atoms. The molecule has 0 aliphatic carbocycles. The van der Waals surface area contributed by atoms with Crippen LogP contribution in [0.15, 0.2) is 60.0 Å². The van der Waals surface area contributed by atoms with E-state index in [0.717, 1.165) is 17.7 Å². The Morgan fingerprint density at radius 1 is 1.11 bits per heavy atom. The lowest BCUT2D eigenvalue weighted by molar-refractivity contribution is -0.385. The van der Waals surface area contributed by atoms with Crippen molar-refractivity contribution >= 4 is 40.2 Å². The van der Waals surface area contributed by atoms with Crippen LogP contribution in [0.3, 0.4) is 0 Å². The van der Waals surface area contributed by atoms with Crippen LogP contribution >= 0.6 is 11.3 Å². The van der Waals surface area contributed by atoms with Crippen molar-refractivity contribution < 1.29 is 14.5 Å². The van der Waals surface area contributed by atoms with Gasteiger partial charge in [-0.3, -0.25) is 19.7 Å². The van der Waals surface area contributed by atoms with E-state index in [1.54, 1.807) is 29.2 Å². The van der Waals surface area contributed by atoms with Crippen LogP contribution in [0.5, 0.6) is 0 Å². The smallest absolute Gasteiger partial charge is 0.282 e. The maximum atomic E-state index is 12.7. The van der Waals surface area contributed by atoms with Gasteiger partial charge in [-0.2, -0.15) is 0 Å². The summed E-state index contributed by atoms with van der Waals surface area (Å²) in [5.74, 6) is -0.641. The molecule has 0 atom stereocenters. The molecule has 8 heteroatoms. The Labute approximate surface area is 164 Å². The van der Waals surface area contributed by atoms with Gasteiger partial charge in [0, 0.05) is 24.0 Å². The number of hydrogen-bond donors (Lipinski definition) is 1. The summed E-state index contributed by atoms with van der Waals surface area (Å²) in [6, 6.07) is 14.7. The Kier molecular flexibility index (Phi) is 4.62. The predicted octanol–water partition coefficient (Wildman–Crippen LogP) is 4.11. The van der Waals surface area contributed by atoms with E-state index >= 15 is 0 Å². The molecule has 140 valence electrons. The first kappa shape index (κ1) is 17.9. The maximum absolute atomic E-state index is 12.7. The van der Waals surface area contributed by atoms with Crippen molar-refractivity contribution in [3.63, 3.8) is 0 Å². The second-order valence-electron chi connectivity index (χ2n) is 6.26. The molecule has 3 aromatic rings. The maximum Gasteiger partial charge on any atom is 0.282 e. The lowest BCUT2D eigenvalue weighted by Gasteiger charge is -2.17. The molecule has 0 unspecified atom stereocenters. The van der Waals surface area contributed by atoms with Gasteiger partial charge in [-0.15, -0.1) is 11.3 Å². The highest BCUT2D eigenvalue weighted by Crippen LogP contribution is 2.33. The number of nitrogens with zero attached hydrogens (tertiary/aromatic N) is 2. The fourth-order valence-electron chi connectivity index (χ4n) is 3.22. The number of hydrogen-bond acceptors (Lipinski definition) is 5. The summed E-state index contributed by atoms with van der Waals surface area (Å²) in [5, 5.41) is 15.7. The Morgan fingerprint density at radius 2 is 1.93 bits per heavy atom. The minimum atomic E-state index is -0.584. The molecule has 2 amide bonds. The normalized spacial score (nSPS) is 12.5. The minimum absolute atomic E-state index is 0.0143. The van der Waals surface area contributed by atoms with Crippen LogP contribution in [0.25, 0.3) is 0 Å². The monoisotopic (exact) mass is 393 g/mol. The highest BCUT2D eigenvalue weighted by atomic mass is 32.1. The van der Waals surface area contributed by atoms with Gasteiger partial charge in [-0.25, -0.2) is 0 Å². The third-order valence-corrected chi connectivity index (χ3v) is 5.42. The number of carbonyl (C=O) groups is 2. The summed E-state index contributed by atoms with van der Waals surface area (Å²) < 4.78 is 0. The summed E-state index contributed by atoms with van der Waals surface area (Å²) in [4.78, 5) is 38.2. The molecule has 2 heterocycles. The fourth-order valence-corrected chi connectivity index (χ4v) is 3.90. The van der Waals surface area contributed by atoms with Crippen LogP contribution in [-0.4, -0.2) is 23.3 Å². The molecule has 0 fully saturated rings. The zero-order valence-electron chi connectivity index (χ0n) is 14.6. The van der Waals surface area contributed by atoms with E-state index < -0.39 is 10.8 Å². The largest absolute Gasteiger partial charge is 0.322 e. The van der Waals surface area contributed by atoms with Gasteiger partial charge in [0.05, 0.1) is 9.80 Å². The number of benzene rings is 2. The number of amides is 2. The molecule has 0 bridgehead atoms. The summed E-state index contributed by atoms with van der Waals surface area (Å²) in [7, 11) is 0. The molecule has 0 radical (unpaired) electrons. The first-order valence-electron chi connectivity index (χ1n) is 8.57. The number of fused-ring (bicyclic) bond motifs is 1. The zero-order chi connectivity index (χ0) is 19.7. The second kappa shape index (κ2) is 7.24. The highest BCUT2D eigenvalue weighted by molar-refractivity contribution is 7.12.